The summed E-state index contributed by atoms with van der Waals surface area (Å²) in [7, 11) is 0. The molecule has 0 aliphatic carbocycles. The molecule has 0 aromatic heterocycles. The third-order valence-electron chi connectivity index (χ3n) is 4.55. The van der Waals surface area contributed by atoms with Crippen molar-refractivity contribution in [2.24, 2.45) is 10.9 Å². The molecule has 8 heteroatoms. The van der Waals surface area contributed by atoms with Crippen molar-refractivity contribution < 1.29 is 14.3 Å². The van der Waals surface area contributed by atoms with Crippen LogP contribution in [0, 0.1) is 5.92 Å². The fourth-order valence-corrected chi connectivity index (χ4v) is 3.08. The number of piperazine rings is 1. The predicted octanol–water partition coefficient (Wildman–Crippen LogP) is -1.32. The minimum Gasteiger partial charge on any atom is -0.381 e. The molecule has 0 radical (unpaired) electrons. The first-order chi connectivity index (χ1) is 11.2. The Balaban J connectivity index is 1.41. The highest BCUT2D eigenvalue weighted by molar-refractivity contribution is 6.04. The van der Waals surface area contributed by atoms with Crippen LogP contribution in [-0.2, 0) is 14.3 Å². The molecule has 1 atom stereocenters. The van der Waals surface area contributed by atoms with Crippen molar-refractivity contribution in [1.82, 2.24) is 20.9 Å². The second kappa shape index (κ2) is 7.74. The summed E-state index contributed by atoms with van der Waals surface area (Å²) in [5, 5.41) is 9.29. The number of ether oxygens (including phenoxy) is 1. The van der Waals surface area contributed by atoms with Crippen LogP contribution in [0.25, 0.3) is 0 Å². The maximum absolute atomic E-state index is 12.1. The molecule has 3 aliphatic rings. The van der Waals surface area contributed by atoms with E-state index in [1.165, 1.54) is 0 Å². The van der Waals surface area contributed by atoms with E-state index in [2.05, 4.69) is 20.9 Å². The Hall–Kier alpha value is -1.67. The van der Waals surface area contributed by atoms with E-state index in [1.54, 1.807) is 0 Å². The SMILES string of the molecule is O=C(CC1NC(N2CCNCC2)=NC1=O)NCC1CCOCC1. The highest BCUT2D eigenvalue weighted by Gasteiger charge is 2.31. The fourth-order valence-electron chi connectivity index (χ4n) is 3.08. The summed E-state index contributed by atoms with van der Waals surface area (Å²) >= 11 is 0. The minimum atomic E-state index is -0.533. The highest BCUT2D eigenvalue weighted by Crippen LogP contribution is 2.13. The molecule has 3 N–H and O–H groups in total. The molecular formula is C15H25N5O3. The van der Waals surface area contributed by atoms with E-state index in [-0.39, 0.29) is 18.2 Å². The van der Waals surface area contributed by atoms with Crippen molar-refractivity contribution >= 4 is 17.8 Å². The molecule has 23 heavy (non-hydrogen) atoms. The molecule has 2 amide bonds. The van der Waals surface area contributed by atoms with Gasteiger partial charge in [-0.25, -0.2) is 0 Å². The summed E-state index contributed by atoms with van der Waals surface area (Å²) in [6, 6.07) is -0.533. The molecule has 0 aromatic carbocycles. The number of carbonyl (C=O) groups excluding carboxylic acids is 2. The first kappa shape index (κ1) is 16.2. The number of hydrogen-bond acceptors (Lipinski definition) is 6. The summed E-state index contributed by atoms with van der Waals surface area (Å²) in [5.41, 5.74) is 0. The smallest absolute Gasteiger partial charge is 0.271 e. The fraction of sp³-hybridized carbons (Fsp3) is 0.800. The van der Waals surface area contributed by atoms with Gasteiger partial charge in [-0.2, -0.15) is 4.99 Å². The summed E-state index contributed by atoms with van der Waals surface area (Å²) in [6.07, 6.45) is 2.11. The van der Waals surface area contributed by atoms with Crippen LogP contribution < -0.4 is 16.0 Å². The molecule has 8 nitrogen and oxygen atoms in total. The van der Waals surface area contributed by atoms with Gasteiger partial charge in [0.05, 0.1) is 6.42 Å². The number of hydrogen-bond donors (Lipinski definition) is 3. The summed E-state index contributed by atoms with van der Waals surface area (Å²) in [4.78, 5) is 30.2. The molecule has 2 fully saturated rings. The van der Waals surface area contributed by atoms with E-state index in [0.717, 1.165) is 52.2 Å². The van der Waals surface area contributed by atoms with Gasteiger partial charge in [0.2, 0.25) is 11.9 Å². The van der Waals surface area contributed by atoms with Crippen molar-refractivity contribution in [3.8, 4) is 0 Å². The predicted molar refractivity (Wildman–Crippen MR) is 85.0 cm³/mol. The molecule has 3 aliphatic heterocycles. The van der Waals surface area contributed by atoms with Gasteiger partial charge in [-0.05, 0) is 18.8 Å². The molecule has 0 aromatic rings. The van der Waals surface area contributed by atoms with Gasteiger partial charge in [0.15, 0.2) is 0 Å². The van der Waals surface area contributed by atoms with Gasteiger partial charge in [-0.3, -0.25) is 9.59 Å². The largest absolute Gasteiger partial charge is 0.381 e. The van der Waals surface area contributed by atoms with Gasteiger partial charge in [-0.1, -0.05) is 0 Å². The zero-order chi connectivity index (χ0) is 16.1. The first-order valence-corrected chi connectivity index (χ1v) is 8.41. The van der Waals surface area contributed by atoms with Crippen LogP contribution in [-0.4, -0.2) is 74.7 Å². The van der Waals surface area contributed by atoms with Crippen molar-refractivity contribution in [2.75, 3.05) is 45.9 Å². The Morgan fingerprint density at radius 3 is 2.78 bits per heavy atom. The van der Waals surface area contributed by atoms with Gasteiger partial charge in [-0.15, -0.1) is 0 Å². The Labute approximate surface area is 136 Å². The van der Waals surface area contributed by atoms with Crippen LogP contribution in [0.3, 0.4) is 0 Å². The van der Waals surface area contributed by atoms with Gasteiger partial charge >= 0.3 is 0 Å². The number of aliphatic imine (C=N–C) groups is 1. The minimum absolute atomic E-state index is 0.0981. The molecule has 3 rings (SSSR count). The molecule has 0 bridgehead atoms. The van der Waals surface area contributed by atoms with Crippen LogP contribution in [0.4, 0.5) is 0 Å². The Bertz CT molecular complexity index is 470. The van der Waals surface area contributed by atoms with E-state index in [1.807, 2.05) is 4.90 Å². The van der Waals surface area contributed by atoms with Gasteiger partial charge in [0, 0.05) is 45.9 Å². The molecular weight excluding hydrogens is 298 g/mol. The second-order valence-corrected chi connectivity index (χ2v) is 6.27. The average molecular weight is 323 g/mol. The lowest BCUT2D eigenvalue weighted by atomic mass is 10.0. The number of amides is 2. The monoisotopic (exact) mass is 323 g/mol. The maximum Gasteiger partial charge on any atom is 0.271 e. The number of nitrogens with one attached hydrogen (secondary N) is 3. The summed E-state index contributed by atoms with van der Waals surface area (Å²) in [5.74, 6) is 0.741. The lowest BCUT2D eigenvalue weighted by Crippen LogP contribution is -2.51. The quantitative estimate of drug-likeness (QED) is 0.594. The van der Waals surface area contributed by atoms with Gasteiger partial charge < -0.3 is 25.6 Å². The molecule has 0 saturated carbocycles. The van der Waals surface area contributed by atoms with Crippen LogP contribution in [0.1, 0.15) is 19.3 Å². The van der Waals surface area contributed by atoms with E-state index < -0.39 is 6.04 Å². The standard InChI is InChI=1S/C15H25N5O3/c21-13(17-10-11-1-7-23-8-2-11)9-12-14(22)19-15(18-12)20-5-3-16-4-6-20/h11-12,16H,1-10H2,(H,17,21)(H,18,19,22). The van der Waals surface area contributed by atoms with Crippen LogP contribution in [0.5, 0.6) is 0 Å². The van der Waals surface area contributed by atoms with E-state index in [0.29, 0.717) is 18.4 Å². The van der Waals surface area contributed by atoms with Crippen LogP contribution >= 0.6 is 0 Å². The topological polar surface area (TPSA) is 95.1 Å². The number of carbonyl (C=O) groups is 2. The van der Waals surface area contributed by atoms with Crippen LogP contribution in [0.15, 0.2) is 4.99 Å². The highest BCUT2D eigenvalue weighted by atomic mass is 16.5. The molecule has 0 spiro atoms. The number of guanidine groups is 1. The zero-order valence-electron chi connectivity index (χ0n) is 13.3. The van der Waals surface area contributed by atoms with Gasteiger partial charge in [0.1, 0.15) is 6.04 Å². The third kappa shape index (κ3) is 4.42. The Kier molecular flexibility index (Phi) is 5.45. The Morgan fingerprint density at radius 1 is 1.30 bits per heavy atom. The van der Waals surface area contributed by atoms with E-state index in [4.69, 9.17) is 4.74 Å². The lowest BCUT2D eigenvalue weighted by Gasteiger charge is -2.29. The van der Waals surface area contributed by atoms with E-state index >= 15 is 0 Å². The zero-order valence-corrected chi connectivity index (χ0v) is 13.3. The van der Waals surface area contributed by atoms with Crippen LogP contribution in [0.2, 0.25) is 0 Å². The lowest BCUT2D eigenvalue weighted by molar-refractivity contribution is -0.126. The molecule has 3 heterocycles. The first-order valence-electron chi connectivity index (χ1n) is 8.41. The van der Waals surface area contributed by atoms with Gasteiger partial charge in [0.25, 0.3) is 5.91 Å². The third-order valence-corrected chi connectivity index (χ3v) is 4.55. The summed E-state index contributed by atoms with van der Waals surface area (Å²) < 4.78 is 5.31. The number of rotatable bonds is 4. The average Bonchev–Trinajstić information content (AvgIpc) is 2.95. The van der Waals surface area contributed by atoms with Crippen molar-refractivity contribution in [1.29, 1.82) is 0 Å². The summed E-state index contributed by atoms with van der Waals surface area (Å²) in [6.45, 7) is 5.60. The molecule has 1 unspecified atom stereocenters. The van der Waals surface area contributed by atoms with Crippen molar-refractivity contribution in [2.45, 2.75) is 25.3 Å². The van der Waals surface area contributed by atoms with E-state index in [9.17, 15) is 9.59 Å². The maximum atomic E-state index is 12.1. The second-order valence-electron chi connectivity index (χ2n) is 6.27. The molecule has 128 valence electrons. The van der Waals surface area contributed by atoms with Crippen molar-refractivity contribution in [3.05, 3.63) is 0 Å². The number of nitrogens with zero attached hydrogens (tertiary/aromatic N) is 2. The Morgan fingerprint density at radius 2 is 2.04 bits per heavy atom. The molecule has 2 saturated heterocycles. The van der Waals surface area contributed by atoms with Crippen molar-refractivity contribution in [3.63, 3.8) is 0 Å². The normalized spacial score (nSPS) is 25.9.